The van der Waals surface area contributed by atoms with Gasteiger partial charge in [-0.25, -0.2) is 14.4 Å². The van der Waals surface area contributed by atoms with Gasteiger partial charge in [-0.3, -0.25) is 33.6 Å². The number of amides is 12. The maximum atomic E-state index is 14.8. The van der Waals surface area contributed by atoms with Crippen molar-refractivity contribution < 1.29 is 53.1 Å². The van der Waals surface area contributed by atoms with Crippen molar-refractivity contribution in [3.05, 3.63) is 0 Å². The highest BCUT2D eigenvalue weighted by atomic mass is 32.1. The minimum absolute atomic E-state index is 0. The Labute approximate surface area is 441 Å². The Hall–Kier alpha value is -4.50. The summed E-state index contributed by atoms with van der Waals surface area (Å²) in [6.45, 7) is 0.288. The molecule has 1 heterocycles. The SMILES string of the molecule is NC(=O)NCCC[C@@H]1NC(=O)[C@H](CC(=O)O)NC(=O)C23CC4C[C@H](CC(C4)(C2)NC(=O)[C@H](CCCNC(N)=O)NC(=O)[C@H](CCCNC(N)=O)NC(=O)C24CC5C[C@H](CC(C5)(C2)NC1=O)C4)C3.S.S.S.S. The third-order valence-electron chi connectivity index (χ3n) is 15.7. The van der Waals surface area contributed by atoms with Crippen LogP contribution in [0.2, 0.25) is 0 Å². The number of carboxylic acid groups (broad SMARTS) is 1. The van der Waals surface area contributed by atoms with Crippen LogP contribution < -0.4 is 65.1 Å². The first-order valence-corrected chi connectivity index (χ1v) is 23.9. The number of carboxylic acids is 1. The molecule has 9 fully saturated rings. The lowest BCUT2D eigenvalue weighted by atomic mass is 9.46. The molecule has 23 nitrogen and oxygen atoms in total. The van der Waals surface area contributed by atoms with Crippen LogP contribution in [-0.4, -0.2) is 119 Å². The van der Waals surface area contributed by atoms with Gasteiger partial charge >= 0.3 is 24.1 Å². The van der Waals surface area contributed by atoms with Crippen LogP contribution in [0.25, 0.3) is 0 Å². The van der Waals surface area contributed by atoms with Crippen molar-refractivity contribution >= 4 is 113 Å². The fourth-order valence-corrected chi connectivity index (χ4v) is 14.0. The highest BCUT2D eigenvalue weighted by Crippen LogP contribution is 2.63. The van der Waals surface area contributed by atoms with E-state index in [2.05, 4.69) is 47.9 Å². The zero-order valence-electron chi connectivity index (χ0n) is 39.9. The molecule has 6 unspecified atom stereocenters. The van der Waals surface area contributed by atoms with Crippen LogP contribution >= 0.6 is 54.0 Å². The van der Waals surface area contributed by atoms with Gasteiger partial charge in [0.05, 0.1) is 17.3 Å². The summed E-state index contributed by atoms with van der Waals surface area (Å²) in [4.78, 5) is 134. The number of rotatable bonds is 14. The Balaban J connectivity index is 0.00000333. The van der Waals surface area contributed by atoms with Gasteiger partial charge in [-0.05, 0) is 139 Å². The van der Waals surface area contributed by atoms with Crippen LogP contribution in [-0.2, 0) is 33.6 Å². The molecule has 1 aliphatic heterocycles. The van der Waals surface area contributed by atoms with Crippen LogP contribution in [0.5, 0.6) is 0 Å². The second-order valence-electron chi connectivity index (χ2n) is 21.1. The number of urea groups is 3. The van der Waals surface area contributed by atoms with E-state index in [0.717, 1.165) is 12.8 Å². The molecule has 8 saturated carbocycles. The molecular formula is C44H76N12O11S4. The molecule has 1 saturated heterocycles. The predicted molar refractivity (Wildman–Crippen MR) is 278 cm³/mol. The van der Waals surface area contributed by atoms with Gasteiger partial charge in [-0.15, -0.1) is 0 Å². The van der Waals surface area contributed by atoms with E-state index in [1.54, 1.807) is 0 Å². The Morgan fingerprint density at radius 2 is 0.789 bits per heavy atom. The second-order valence-corrected chi connectivity index (χ2v) is 21.1. The Kier molecular flexibility index (Phi) is 21.4. The molecular weight excluding hydrogens is 1000 g/mol. The fraction of sp³-hybridized carbons (Fsp3) is 0.773. The summed E-state index contributed by atoms with van der Waals surface area (Å²) < 4.78 is 0. The summed E-state index contributed by atoms with van der Waals surface area (Å²) in [6.07, 6.45) is 6.22. The second kappa shape index (κ2) is 25.0. The van der Waals surface area contributed by atoms with Crippen molar-refractivity contribution in [1.29, 1.82) is 0 Å². The van der Waals surface area contributed by atoms with Gasteiger partial charge in [0.2, 0.25) is 35.4 Å². The molecule has 0 aromatic heterocycles. The van der Waals surface area contributed by atoms with Crippen molar-refractivity contribution in [3.63, 3.8) is 0 Å². The van der Waals surface area contributed by atoms with E-state index in [-0.39, 0.29) is 155 Å². The molecule has 402 valence electrons. The quantitative estimate of drug-likeness (QED) is 0.0948. The summed E-state index contributed by atoms with van der Waals surface area (Å²) in [5, 5.41) is 35.3. The normalized spacial score (nSPS) is 34.9. The summed E-state index contributed by atoms with van der Waals surface area (Å²) in [5.74, 6) is -4.77. The first-order chi connectivity index (χ1) is 31.7. The number of carbonyl (C=O) groups excluding carboxylic acids is 9. The number of hydrogen-bond acceptors (Lipinski definition) is 10. The average molecular weight is 1080 g/mol. The number of primary amides is 3. The van der Waals surface area contributed by atoms with Gasteiger partial charge in [0.15, 0.2) is 0 Å². The minimum Gasteiger partial charge on any atom is -0.481 e. The van der Waals surface area contributed by atoms with Gasteiger partial charge in [-0.1, -0.05) is 0 Å². The van der Waals surface area contributed by atoms with E-state index in [1.807, 2.05) is 0 Å². The van der Waals surface area contributed by atoms with Gasteiger partial charge in [0.25, 0.3) is 0 Å². The zero-order chi connectivity index (χ0) is 48.3. The van der Waals surface area contributed by atoms with Gasteiger partial charge in [0.1, 0.15) is 24.2 Å². The maximum Gasteiger partial charge on any atom is 0.312 e. The van der Waals surface area contributed by atoms with E-state index >= 15 is 0 Å². The molecule has 27 heteroatoms. The fourth-order valence-electron chi connectivity index (χ4n) is 14.0. The van der Waals surface area contributed by atoms with Gasteiger partial charge < -0.3 is 70.2 Å². The van der Waals surface area contributed by atoms with Crippen molar-refractivity contribution in [2.75, 3.05) is 19.6 Å². The highest BCUT2D eigenvalue weighted by molar-refractivity contribution is 7.59. The smallest absolute Gasteiger partial charge is 0.312 e. The number of hydrogen-bond donors (Lipinski definition) is 13. The van der Waals surface area contributed by atoms with E-state index in [1.165, 1.54) is 0 Å². The number of carbonyl (C=O) groups is 10. The van der Waals surface area contributed by atoms with Gasteiger partial charge in [0, 0.05) is 30.7 Å². The Bertz CT molecular complexity index is 2010. The molecule has 12 amide bonds. The van der Waals surface area contributed by atoms with E-state index in [4.69, 9.17) is 17.2 Å². The number of nitrogens with two attached hydrogens (primary N) is 3. The third-order valence-corrected chi connectivity index (χ3v) is 15.7. The number of nitrogens with one attached hydrogen (secondary N) is 9. The molecule has 12 atom stereocenters. The average Bonchev–Trinajstić information content (AvgIpc) is 3.21. The van der Waals surface area contributed by atoms with Crippen LogP contribution in [0, 0.1) is 34.5 Å². The monoisotopic (exact) mass is 1080 g/mol. The molecule has 8 aliphatic carbocycles. The van der Waals surface area contributed by atoms with Crippen LogP contribution in [0.1, 0.15) is 122 Å². The molecule has 0 aromatic carbocycles. The van der Waals surface area contributed by atoms with Gasteiger partial charge in [-0.2, -0.15) is 54.0 Å². The Morgan fingerprint density at radius 1 is 0.479 bits per heavy atom. The summed E-state index contributed by atoms with van der Waals surface area (Å²) in [7, 11) is 0. The van der Waals surface area contributed by atoms with Crippen molar-refractivity contribution in [2.24, 2.45) is 51.7 Å². The van der Waals surface area contributed by atoms with Crippen molar-refractivity contribution in [3.8, 4) is 0 Å². The highest BCUT2D eigenvalue weighted by Gasteiger charge is 2.63. The summed E-state index contributed by atoms with van der Waals surface area (Å²) >= 11 is 0. The standard InChI is InChI=1S/C44H68N12O11.4H2S/c45-38(65)48-7-1-4-27-32(59)51-28(5-2-8-49-39(46)66)34(61)55-44-19-25-11-26(20-44)16-42(15-25,22-44)37(64)54-30(12-31(57)58)33(60)52-29(6-3-9-50-40(47)67)35(62)56-43-17-23-10-24(18-43)14-41(13-23,21-43)36(63)53-27;;;;/h23-30H,1-22H2,(H,51,59)(H,52,60)(H,53,63)(H,54,64)(H,55,61)(H,56,62)(H,57,58)(H3,45,48,65)(H3,46,49,66)(H3,47,50,67);4*1H2/t23-,24?,25-,26?,27-,28-,29-,30-,41?,42?,43?,44?;;;;/m0..../s1. The predicted octanol–water partition coefficient (Wildman–Crippen LogP) is -0.879. The molecule has 16 N–H and O–H groups in total. The van der Waals surface area contributed by atoms with Crippen LogP contribution in [0.15, 0.2) is 0 Å². The third kappa shape index (κ3) is 14.6. The van der Waals surface area contributed by atoms with E-state index < -0.39 is 106 Å². The van der Waals surface area contributed by atoms with Crippen LogP contribution in [0.4, 0.5) is 14.4 Å². The minimum atomic E-state index is -1.57. The van der Waals surface area contributed by atoms with E-state index in [0.29, 0.717) is 51.4 Å². The maximum absolute atomic E-state index is 14.8. The lowest BCUT2D eigenvalue weighted by molar-refractivity contribution is -0.157. The Morgan fingerprint density at radius 3 is 1.11 bits per heavy atom. The summed E-state index contributed by atoms with van der Waals surface area (Å²) in [5.41, 5.74) is 12.1. The number of aliphatic carboxylic acids is 1. The molecule has 9 rings (SSSR count). The first-order valence-electron chi connectivity index (χ1n) is 23.9. The molecule has 71 heavy (non-hydrogen) atoms. The van der Waals surface area contributed by atoms with Crippen molar-refractivity contribution in [2.45, 2.75) is 157 Å². The molecule has 0 radical (unpaired) electrons. The lowest BCUT2D eigenvalue weighted by Crippen LogP contribution is -2.69. The van der Waals surface area contributed by atoms with Crippen LogP contribution in [0.3, 0.4) is 0 Å². The molecule has 0 aromatic rings. The van der Waals surface area contributed by atoms with E-state index in [9.17, 15) is 53.1 Å². The molecule has 8 bridgehead atoms. The largest absolute Gasteiger partial charge is 0.481 e. The first kappa shape index (κ1) is 60.8. The lowest BCUT2D eigenvalue weighted by Gasteiger charge is -2.61. The summed E-state index contributed by atoms with van der Waals surface area (Å²) in [6, 6.07) is -7.40. The molecule has 9 aliphatic rings. The van der Waals surface area contributed by atoms with Crippen molar-refractivity contribution in [1.82, 2.24) is 47.9 Å². The zero-order valence-corrected chi connectivity index (χ0v) is 43.9. The topological polar surface area (TPSA) is 377 Å². The molecule has 4 spiro atoms.